The van der Waals surface area contributed by atoms with Crippen LogP contribution >= 0.6 is 11.3 Å². The predicted octanol–water partition coefficient (Wildman–Crippen LogP) is 2.15. The fourth-order valence-electron chi connectivity index (χ4n) is 4.27. The second-order valence-electron chi connectivity index (χ2n) is 8.01. The molecule has 1 aromatic heterocycles. The van der Waals surface area contributed by atoms with E-state index in [1.54, 1.807) is 14.7 Å². The van der Waals surface area contributed by atoms with Crippen LogP contribution in [0.4, 0.5) is 0 Å². The first-order valence-electron chi connectivity index (χ1n) is 10.2. The molecular weight excluding hydrogens is 400 g/mol. The van der Waals surface area contributed by atoms with E-state index in [0.717, 1.165) is 21.8 Å². The van der Waals surface area contributed by atoms with Crippen LogP contribution in [0.3, 0.4) is 0 Å². The number of fused-ring (bicyclic) bond motifs is 1. The normalized spacial score (nSPS) is 19.7. The molecule has 30 heavy (non-hydrogen) atoms. The van der Waals surface area contributed by atoms with Crippen LogP contribution in [-0.2, 0) is 16.1 Å². The molecule has 0 saturated carbocycles. The molecule has 0 spiro atoms. The minimum absolute atomic E-state index is 0.0322. The van der Waals surface area contributed by atoms with Gasteiger partial charge in [-0.3, -0.25) is 14.4 Å². The number of carbonyl (C=O) groups excluding carboxylic acids is 3. The van der Waals surface area contributed by atoms with Crippen LogP contribution in [-0.4, -0.2) is 69.6 Å². The number of thiazole rings is 1. The van der Waals surface area contributed by atoms with Crippen molar-refractivity contribution in [1.29, 1.82) is 0 Å². The number of rotatable bonds is 3. The Labute approximate surface area is 180 Å². The van der Waals surface area contributed by atoms with Crippen molar-refractivity contribution in [3.8, 4) is 0 Å². The number of aryl methyl sites for hydroxylation is 3. The maximum Gasteiger partial charge on any atom is 0.265 e. The van der Waals surface area contributed by atoms with Crippen molar-refractivity contribution in [2.45, 2.75) is 39.8 Å². The molecule has 2 saturated heterocycles. The SMILES string of the molecule is Cc1cccc(CN2CC(=O)N3CCN(C(=O)c4sc(C)nc4C)CCC3C2=O)c1. The highest BCUT2D eigenvalue weighted by Gasteiger charge is 2.41. The lowest BCUT2D eigenvalue weighted by molar-refractivity contribution is -0.156. The zero-order chi connectivity index (χ0) is 21.4. The van der Waals surface area contributed by atoms with Gasteiger partial charge in [-0.05, 0) is 32.8 Å². The third-order valence-electron chi connectivity index (χ3n) is 5.74. The number of piperazine rings is 1. The number of nitrogens with zero attached hydrogens (tertiary/aromatic N) is 4. The van der Waals surface area contributed by atoms with Crippen LogP contribution < -0.4 is 0 Å². The molecule has 4 rings (SSSR count). The van der Waals surface area contributed by atoms with Crippen molar-refractivity contribution in [3.05, 3.63) is 51.0 Å². The minimum Gasteiger partial charge on any atom is -0.336 e. The molecule has 2 aliphatic rings. The van der Waals surface area contributed by atoms with E-state index in [1.165, 1.54) is 11.3 Å². The molecule has 1 aromatic carbocycles. The maximum atomic E-state index is 13.2. The van der Waals surface area contributed by atoms with E-state index in [1.807, 2.05) is 45.0 Å². The Kier molecular flexibility index (Phi) is 5.60. The van der Waals surface area contributed by atoms with E-state index < -0.39 is 6.04 Å². The lowest BCUT2D eigenvalue weighted by Crippen LogP contribution is -2.59. The number of hydrogen-bond donors (Lipinski definition) is 0. The molecule has 2 aromatic rings. The zero-order valence-electron chi connectivity index (χ0n) is 17.6. The first-order chi connectivity index (χ1) is 14.3. The van der Waals surface area contributed by atoms with Gasteiger partial charge in [-0.2, -0.15) is 0 Å². The highest BCUT2D eigenvalue weighted by atomic mass is 32.1. The van der Waals surface area contributed by atoms with E-state index in [0.29, 0.717) is 37.5 Å². The first kappa shape index (κ1) is 20.5. The molecule has 7 nitrogen and oxygen atoms in total. The summed E-state index contributed by atoms with van der Waals surface area (Å²) in [4.78, 5) is 49.0. The molecule has 0 bridgehead atoms. The van der Waals surface area contributed by atoms with Gasteiger partial charge in [0.2, 0.25) is 11.8 Å². The second-order valence-corrected chi connectivity index (χ2v) is 9.22. The Hall–Kier alpha value is -2.74. The number of carbonyl (C=O) groups is 3. The number of benzene rings is 1. The van der Waals surface area contributed by atoms with E-state index in [4.69, 9.17) is 0 Å². The van der Waals surface area contributed by atoms with Crippen LogP contribution in [0.5, 0.6) is 0 Å². The van der Waals surface area contributed by atoms with E-state index in [2.05, 4.69) is 4.98 Å². The van der Waals surface area contributed by atoms with Gasteiger partial charge >= 0.3 is 0 Å². The van der Waals surface area contributed by atoms with Crippen molar-refractivity contribution in [2.75, 3.05) is 26.2 Å². The minimum atomic E-state index is -0.502. The number of amides is 3. The average Bonchev–Trinajstić information content (AvgIpc) is 2.90. The monoisotopic (exact) mass is 426 g/mol. The summed E-state index contributed by atoms with van der Waals surface area (Å²) in [6, 6.07) is 7.49. The Morgan fingerprint density at radius 3 is 2.67 bits per heavy atom. The molecule has 158 valence electrons. The van der Waals surface area contributed by atoms with Gasteiger partial charge in [0.15, 0.2) is 0 Å². The Bertz CT molecular complexity index is 1000. The van der Waals surface area contributed by atoms with Crippen LogP contribution in [0.2, 0.25) is 0 Å². The van der Waals surface area contributed by atoms with Gasteiger partial charge in [-0.15, -0.1) is 11.3 Å². The molecule has 3 heterocycles. The summed E-state index contributed by atoms with van der Waals surface area (Å²) < 4.78 is 0. The van der Waals surface area contributed by atoms with E-state index >= 15 is 0 Å². The molecule has 0 aliphatic carbocycles. The topological polar surface area (TPSA) is 73.8 Å². The molecule has 1 unspecified atom stereocenters. The summed E-state index contributed by atoms with van der Waals surface area (Å²) in [5, 5.41) is 0.861. The van der Waals surface area contributed by atoms with E-state index in [9.17, 15) is 14.4 Å². The molecule has 2 aliphatic heterocycles. The largest absolute Gasteiger partial charge is 0.336 e. The van der Waals surface area contributed by atoms with Gasteiger partial charge in [0, 0.05) is 26.2 Å². The van der Waals surface area contributed by atoms with Crippen molar-refractivity contribution in [2.24, 2.45) is 0 Å². The van der Waals surface area contributed by atoms with Crippen molar-refractivity contribution in [3.63, 3.8) is 0 Å². The highest BCUT2D eigenvalue weighted by Crippen LogP contribution is 2.24. The Morgan fingerprint density at radius 2 is 1.97 bits per heavy atom. The van der Waals surface area contributed by atoms with Crippen molar-refractivity contribution < 1.29 is 14.4 Å². The summed E-state index contributed by atoms with van der Waals surface area (Å²) in [5.41, 5.74) is 2.88. The zero-order valence-corrected chi connectivity index (χ0v) is 18.4. The van der Waals surface area contributed by atoms with Gasteiger partial charge in [0.25, 0.3) is 5.91 Å². The molecule has 1 atom stereocenters. The van der Waals surface area contributed by atoms with Gasteiger partial charge in [0.05, 0.1) is 10.7 Å². The molecule has 2 fully saturated rings. The lowest BCUT2D eigenvalue weighted by atomic mass is 10.1. The number of hydrogen-bond acceptors (Lipinski definition) is 5. The first-order valence-corrected chi connectivity index (χ1v) is 11.0. The quantitative estimate of drug-likeness (QED) is 0.754. The third kappa shape index (κ3) is 3.96. The Balaban J connectivity index is 1.48. The summed E-state index contributed by atoms with van der Waals surface area (Å²) in [5.74, 6) is -0.143. The lowest BCUT2D eigenvalue weighted by Gasteiger charge is -2.39. The van der Waals surface area contributed by atoms with E-state index in [-0.39, 0.29) is 24.3 Å². The fourth-order valence-corrected chi connectivity index (χ4v) is 5.16. The predicted molar refractivity (Wildman–Crippen MR) is 114 cm³/mol. The second kappa shape index (κ2) is 8.18. The van der Waals surface area contributed by atoms with Crippen LogP contribution in [0, 0.1) is 20.8 Å². The molecule has 0 N–H and O–H groups in total. The van der Waals surface area contributed by atoms with Crippen molar-refractivity contribution in [1.82, 2.24) is 19.7 Å². The average molecular weight is 427 g/mol. The van der Waals surface area contributed by atoms with Crippen molar-refractivity contribution >= 4 is 29.1 Å². The molecule has 0 radical (unpaired) electrons. The Morgan fingerprint density at radius 1 is 1.17 bits per heavy atom. The fraction of sp³-hybridized carbons (Fsp3) is 0.455. The van der Waals surface area contributed by atoms with Crippen LogP contribution in [0.15, 0.2) is 24.3 Å². The van der Waals surface area contributed by atoms with Crippen LogP contribution in [0.1, 0.15) is 37.9 Å². The molecular formula is C22H26N4O3S. The summed E-state index contributed by atoms with van der Waals surface area (Å²) in [7, 11) is 0. The molecule has 3 amide bonds. The summed E-state index contributed by atoms with van der Waals surface area (Å²) in [6.45, 7) is 7.53. The highest BCUT2D eigenvalue weighted by molar-refractivity contribution is 7.13. The number of aromatic nitrogens is 1. The summed E-state index contributed by atoms with van der Waals surface area (Å²) >= 11 is 1.39. The smallest absolute Gasteiger partial charge is 0.265 e. The maximum absolute atomic E-state index is 13.2. The third-order valence-corrected chi connectivity index (χ3v) is 6.80. The van der Waals surface area contributed by atoms with Crippen LogP contribution in [0.25, 0.3) is 0 Å². The summed E-state index contributed by atoms with van der Waals surface area (Å²) in [6.07, 6.45) is 0.456. The molecule has 8 heteroatoms. The van der Waals surface area contributed by atoms with Gasteiger partial charge in [0.1, 0.15) is 17.5 Å². The standard InChI is InChI=1S/C22H26N4O3S/c1-14-5-4-6-17(11-14)12-25-13-19(27)26-10-9-24(8-7-18(26)21(25)28)22(29)20-15(2)23-16(3)30-20/h4-6,11,18H,7-10,12-13H2,1-3H3. The van der Waals surface area contributed by atoms with Gasteiger partial charge < -0.3 is 14.7 Å². The van der Waals surface area contributed by atoms with Gasteiger partial charge in [-0.25, -0.2) is 4.98 Å². The van der Waals surface area contributed by atoms with Gasteiger partial charge in [-0.1, -0.05) is 29.8 Å².